The van der Waals surface area contributed by atoms with Gasteiger partial charge in [0, 0.05) is 16.1 Å². The lowest BCUT2D eigenvalue weighted by molar-refractivity contribution is 0.482. The maximum absolute atomic E-state index is 6.05. The van der Waals surface area contributed by atoms with Gasteiger partial charge in [0.1, 0.15) is 16.5 Å². The summed E-state index contributed by atoms with van der Waals surface area (Å²) in [5.41, 5.74) is 6.31. The first-order chi connectivity index (χ1) is 9.38. The molecule has 0 spiro atoms. The summed E-state index contributed by atoms with van der Waals surface area (Å²) in [5.74, 6) is 0.980. The van der Waals surface area contributed by atoms with Gasteiger partial charge in [-0.3, -0.25) is 0 Å². The van der Waals surface area contributed by atoms with E-state index < -0.39 is 0 Å². The summed E-state index contributed by atoms with van der Waals surface area (Å²) >= 11 is 26.2. The lowest BCUT2D eigenvalue weighted by Gasteiger charge is -2.10. The molecule has 0 atom stereocenters. The monoisotopic (exact) mass is 409 g/mol. The second-order valence-corrected chi connectivity index (χ2v) is 6.32. The fourth-order valence-electron chi connectivity index (χ4n) is 1.47. The minimum absolute atomic E-state index is 0.302. The van der Waals surface area contributed by atoms with Crippen LogP contribution in [-0.4, -0.2) is 4.99 Å². The molecule has 0 bridgehead atoms. The van der Waals surface area contributed by atoms with Crippen molar-refractivity contribution in [2.45, 2.75) is 0 Å². The SMILES string of the molecule is NC(=S)c1ccc(Oc2cc(Cl)c(Cl)cc2Cl)cc1Br. The number of hydrogen-bond acceptors (Lipinski definition) is 2. The van der Waals surface area contributed by atoms with Crippen LogP contribution in [0, 0.1) is 0 Å². The number of nitrogens with two attached hydrogens (primary N) is 1. The van der Waals surface area contributed by atoms with Crippen molar-refractivity contribution in [3.05, 3.63) is 55.4 Å². The summed E-state index contributed by atoms with van der Waals surface area (Å²) in [7, 11) is 0. The number of rotatable bonds is 3. The van der Waals surface area contributed by atoms with Gasteiger partial charge in [-0.05, 0) is 40.2 Å². The first-order valence-corrected chi connectivity index (χ1v) is 7.63. The molecule has 7 heteroatoms. The van der Waals surface area contributed by atoms with Gasteiger partial charge >= 0.3 is 0 Å². The topological polar surface area (TPSA) is 35.2 Å². The molecular weight excluding hydrogens is 404 g/mol. The molecule has 2 N–H and O–H groups in total. The zero-order valence-electron chi connectivity index (χ0n) is 9.79. The molecule has 0 heterocycles. The summed E-state index contributed by atoms with van der Waals surface area (Å²) in [6.07, 6.45) is 0. The van der Waals surface area contributed by atoms with E-state index >= 15 is 0 Å². The van der Waals surface area contributed by atoms with Crippen molar-refractivity contribution in [3.63, 3.8) is 0 Å². The predicted molar refractivity (Wildman–Crippen MR) is 91.6 cm³/mol. The number of halogens is 4. The number of ether oxygens (including phenoxy) is 1. The molecule has 0 radical (unpaired) electrons. The highest BCUT2D eigenvalue weighted by atomic mass is 79.9. The van der Waals surface area contributed by atoms with Crippen LogP contribution in [0.2, 0.25) is 15.1 Å². The van der Waals surface area contributed by atoms with Crippen LogP contribution in [0.25, 0.3) is 0 Å². The van der Waals surface area contributed by atoms with E-state index in [9.17, 15) is 0 Å². The Labute approximate surface area is 144 Å². The highest BCUT2D eigenvalue weighted by Crippen LogP contribution is 2.37. The third-order valence-corrected chi connectivity index (χ3v) is 4.30. The molecule has 0 aliphatic rings. The van der Waals surface area contributed by atoms with Crippen LogP contribution in [0.4, 0.5) is 0 Å². The molecule has 0 fully saturated rings. The predicted octanol–water partition coefficient (Wildman–Crippen LogP) is 5.84. The normalized spacial score (nSPS) is 10.4. The molecule has 0 unspecified atom stereocenters. The Morgan fingerprint density at radius 3 is 2.30 bits per heavy atom. The molecule has 0 saturated heterocycles. The van der Waals surface area contributed by atoms with E-state index in [-0.39, 0.29) is 0 Å². The Morgan fingerprint density at radius 2 is 1.70 bits per heavy atom. The second kappa shape index (κ2) is 6.50. The Kier molecular flexibility index (Phi) is 5.15. The first-order valence-electron chi connectivity index (χ1n) is 5.30. The third-order valence-electron chi connectivity index (χ3n) is 2.41. The molecule has 0 aliphatic carbocycles. The molecule has 0 saturated carbocycles. The van der Waals surface area contributed by atoms with Crippen LogP contribution in [0.1, 0.15) is 5.56 Å². The second-order valence-electron chi connectivity index (χ2n) is 3.80. The summed E-state index contributed by atoms with van der Waals surface area (Å²) in [4.78, 5) is 0.302. The van der Waals surface area contributed by atoms with Gasteiger partial charge in [0.05, 0.1) is 15.1 Å². The highest BCUT2D eigenvalue weighted by Gasteiger charge is 2.10. The highest BCUT2D eigenvalue weighted by molar-refractivity contribution is 9.10. The van der Waals surface area contributed by atoms with E-state index in [1.807, 2.05) is 0 Å². The quantitative estimate of drug-likeness (QED) is 0.509. The van der Waals surface area contributed by atoms with Crippen molar-refractivity contribution in [1.29, 1.82) is 0 Å². The maximum atomic E-state index is 6.05. The lowest BCUT2D eigenvalue weighted by atomic mass is 10.2. The van der Waals surface area contributed by atoms with Crippen molar-refractivity contribution < 1.29 is 4.74 Å². The maximum Gasteiger partial charge on any atom is 0.147 e. The average molecular weight is 412 g/mol. The number of hydrogen-bond donors (Lipinski definition) is 1. The van der Waals surface area contributed by atoms with Crippen LogP contribution >= 0.6 is 63.0 Å². The summed E-state index contributed by atoms with van der Waals surface area (Å²) in [6.45, 7) is 0. The van der Waals surface area contributed by atoms with Gasteiger partial charge < -0.3 is 10.5 Å². The molecule has 0 amide bonds. The third kappa shape index (κ3) is 3.57. The van der Waals surface area contributed by atoms with Crippen LogP contribution < -0.4 is 10.5 Å². The van der Waals surface area contributed by atoms with Crippen molar-refractivity contribution in [3.8, 4) is 11.5 Å². The molecule has 0 aromatic heterocycles. The molecule has 0 aliphatic heterocycles. The van der Waals surface area contributed by atoms with Crippen LogP contribution in [-0.2, 0) is 0 Å². The number of benzene rings is 2. The van der Waals surface area contributed by atoms with Crippen molar-refractivity contribution in [1.82, 2.24) is 0 Å². The van der Waals surface area contributed by atoms with E-state index in [0.29, 0.717) is 31.6 Å². The largest absolute Gasteiger partial charge is 0.456 e. The van der Waals surface area contributed by atoms with Crippen LogP contribution in [0.5, 0.6) is 11.5 Å². The van der Waals surface area contributed by atoms with Gasteiger partial charge in [-0.2, -0.15) is 0 Å². The van der Waals surface area contributed by atoms with E-state index in [0.717, 1.165) is 10.0 Å². The van der Waals surface area contributed by atoms with E-state index in [4.69, 9.17) is 57.5 Å². The van der Waals surface area contributed by atoms with Crippen molar-refractivity contribution >= 4 is 67.9 Å². The van der Waals surface area contributed by atoms with Gasteiger partial charge in [-0.25, -0.2) is 0 Å². The Bertz CT molecular complexity index is 694. The molecule has 104 valence electrons. The standard InChI is InChI=1S/C13H7BrCl3NOS/c14-8-3-6(1-2-7(8)13(18)20)19-12-5-10(16)9(15)4-11(12)17/h1-5H,(H2,18,20). The summed E-state index contributed by atoms with van der Waals surface area (Å²) in [5, 5.41) is 1.10. The Morgan fingerprint density at radius 1 is 1.05 bits per heavy atom. The zero-order valence-corrected chi connectivity index (χ0v) is 14.5. The lowest BCUT2D eigenvalue weighted by Crippen LogP contribution is -2.09. The van der Waals surface area contributed by atoms with Crippen molar-refractivity contribution in [2.24, 2.45) is 5.73 Å². The minimum Gasteiger partial charge on any atom is -0.456 e. The fourth-order valence-corrected chi connectivity index (χ4v) is 2.92. The van der Waals surface area contributed by atoms with Crippen molar-refractivity contribution in [2.75, 3.05) is 0 Å². The molecule has 2 aromatic carbocycles. The first kappa shape index (κ1) is 15.9. The van der Waals surface area contributed by atoms with Crippen LogP contribution in [0.15, 0.2) is 34.8 Å². The molecule has 20 heavy (non-hydrogen) atoms. The minimum atomic E-state index is 0.302. The van der Waals surface area contributed by atoms with E-state index in [2.05, 4.69) is 15.9 Å². The van der Waals surface area contributed by atoms with Gasteiger partial charge in [0.2, 0.25) is 0 Å². The van der Waals surface area contributed by atoms with Gasteiger partial charge in [0.15, 0.2) is 0 Å². The van der Waals surface area contributed by atoms with Gasteiger partial charge in [0.25, 0.3) is 0 Å². The van der Waals surface area contributed by atoms with E-state index in [1.54, 1.807) is 24.3 Å². The fraction of sp³-hybridized carbons (Fsp3) is 0. The molecular formula is C13H7BrCl3NOS. The van der Waals surface area contributed by atoms with Crippen LogP contribution in [0.3, 0.4) is 0 Å². The molecule has 2 rings (SSSR count). The summed E-state index contributed by atoms with van der Waals surface area (Å²) < 4.78 is 6.41. The average Bonchev–Trinajstić information content (AvgIpc) is 2.35. The van der Waals surface area contributed by atoms with Gasteiger partial charge in [-0.1, -0.05) is 47.0 Å². The molecule has 2 nitrogen and oxygen atoms in total. The smallest absolute Gasteiger partial charge is 0.147 e. The summed E-state index contributed by atoms with van der Waals surface area (Å²) in [6, 6.07) is 8.32. The molecule has 2 aromatic rings. The Hall–Kier alpha value is -0.520. The van der Waals surface area contributed by atoms with Gasteiger partial charge in [-0.15, -0.1) is 0 Å². The Balaban J connectivity index is 2.33. The zero-order chi connectivity index (χ0) is 14.9. The number of thiocarbonyl (C=S) groups is 1. The van der Waals surface area contributed by atoms with E-state index in [1.165, 1.54) is 6.07 Å².